The second kappa shape index (κ2) is 6.71. The third-order valence-corrected chi connectivity index (χ3v) is 3.91. The molecule has 2 nitrogen and oxygen atoms in total. The van der Waals surface area contributed by atoms with E-state index >= 15 is 0 Å². The molecule has 0 saturated carbocycles. The summed E-state index contributed by atoms with van der Waals surface area (Å²) < 4.78 is 27.1. The van der Waals surface area contributed by atoms with Crippen LogP contribution in [0, 0.1) is 11.6 Å². The molecule has 0 amide bonds. The lowest BCUT2D eigenvalue weighted by Crippen LogP contribution is -2.21. The number of rotatable bonds is 4. The Morgan fingerprint density at radius 2 is 1.76 bits per heavy atom. The van der Waals surface area contributed by atoms with Crippen molar-refractivity contribution >= 4 is 23.2 Å². The highest BCUT2D eigenvalue weighted by Crippen LogP contribution is 2.36. The summed E-state index contributed by atoms with van der Waals surface area (Å²) in [6, 6.07) is 8.04. The van der Waals surface area contributed by atoms with Crippen LogP contribution in [0.15, 0.2) is 36.4 Å². The third-order valence-electron chi connectivity index (χ3n) is 3.29. The van der Waals surface area contributed by atoms with E-state index in [-0.39, 0.29) is 22.2 Å². The first-order chi connectivity index (χ1) is 9.95. The first-order valence-electron chi connectivity index (χ1n) is 6.22. The van der Waals surface area contributed by atoms with Crippen molar-refractivity contribution in [2.75, 3.05) is 6.54 Å². The zero-order valence-electron chi connectivity index (χ0n) is 10.9. The Labute approximate surface area is 131 Å². The first kappa shape index (κ1) is 16.2. The molecular weight excluding hydrogens is 319 g/mol. The number of aliphatic hydroxyl groups is 1. The predicted molar refractivity (Wildman–Crippen MR) is 79.6 cm³/mol. The molecule has 112 valence electrons. The number of aliphatic hydroxyl groups excluding tert-OH is 1. The molecule has 0 saturated heterocycles. The van der Waals surface area contributed by atoms with Gasteiger partial charge in [0.2, 0.25) is 0 Å². The van der Waals surface area contributed by atoms with E-state index < -0.39 is 23.7 Å². The van der Waals surface area contributed by atoms with E-state index in [0.29, 0.717) is 5.56 Å². The summed E-state index contributed by atoms with van der Waals surface area (Å²) in [5.74, 6) is -1.91. The molecule has 0 heterocycles. The zero-order chi connectivity index (χ0) is 15.6. The molecule has 3 N–H and O–H groups in total. The van der Waals surface area contributed by atoms with Gasteiger partial charge in [-0.05, 0) is 29.8 Å². The molecular formula is C15H13Cl2F2NO. The van der Waals surface area contributed by atoms with Crippen molar-refractivity contribution in [3.05, 3.63) is 69.2 Å². The third kappa shape index (κ3) is 3.35. The summed E-state index contributed by atoms with van der Waals surface area (Å²) in [5, 5.41) is 10.5. The predicted octanol–water partition coefficient (Wildman–Crippen LogP) is 4.05. The van der Waals surface area contributed by atoms with Crippen molar-refractivity contribution in [3.8, 4) is 0 Å². The van der Waals surface area contributed by atoms with Gasteiger partial charge in [0.1, 0.15) is 11.6 Å². The zero-order valence-corrected chi connectivity index (χ0v) is 12.4. The first-order valence-corrected chi connectivity index (χ1v) is 6.98. The van der Waals surface area contributed by atoms with Gasteiger partial charge in [0, 0.05) is 23.0 Å². The van der Waals surface area contributed by atoms with Crippen molar-refractivity contribution in [2.24, 2.45) is 5.73 Å². The van der Waals surface area contributed by atoms with E-state index in [9.17, 15) is 13.9 Å². The maximum absolute atomic E-state index is 14.0. The molecule has 2 aromatic rings. The maximum atomic E-state index is 14.0. The van der Waals surface area contributed by atoms with Crippen LogP contribution in [0.3, 0.4) is 0 Å². The van der Waals surface area contributed by atoms with E-state index in [4.69, 9.17) is 28.9 Å². The lowest BCUT2D eigenvalue weighted by molar-refractivity contribution is 0.145. The van der Waals surface area contributed by atoms with Gasteiger partial charge < -0.3 is 10.8 Å². The second-order valence-electron chi connectivity index (χ2n) is 4.60. The van der Waals surface area contributed by atoms with E-state index in [1.807, 2.05) is 0 Å². The van der Waals surface area contributed by atoms with Crippen molar-refractivity contribution in [1.29, 1.82) is 0 Å². The minimum Gasteiger partial charge on any atom is -0.388 e. The van der Waals surface area contributed by atoms with Crippen LogP contribution < -0.4 is 5.73 Å². The fourth-order valence-electron chi connectivity index (χ4n) is 2.20. The van der Waals surface area contributed by atoms with Gasteiger partial charge in [0.05, 0.1) is 11.1 Å². The van der Waals surface area contributed by atoms with Crippen LogP contribution >= 0.6 is 23.2 Å². The van der Waals surface area contributed by atoms with Gasteiger partial charge in [0.15, 0.2) is 0 Å². The number of halogens is 4. The SMILES string of the molecule is NCC(c1c(F)cccc1Cl)C(O)c1ccc(F)c(Cl)c1. The van der Waals surface area contributed by atoms with Crippen molar-refractivity contribution in [1.82, 2.24) is 0 Å². The summed E-state index contributed by atoms with van der Waals surface area (Å²) >= 11 is 11.7. The molecule has 0 fully saturated rings. The topological polar surface area (TPSA) is 46.2 Å². The average Bonchev–Trinajstić information content (AvgIpc) is 2.45. The van der Waals surface area contributed by atoms with Crippen molar-refractivity contribution < 1.29 is 13.9 Å². The Morgan fingerprint density at radius 3 is 2.33 bits per heavy atom. The highest BCUT2D eigenvalue weighted by molar-refractivity contribution is 6.31. The highest BCUT2D eigenvalue weighted by Gasteiger charge is 2.26. The summed E-state index contributed by atoms with van der Waals surface area (Å²) in [6.07, 6.45) is -1.15. The molecule has 0 aliphatic rings. The fraction of sp³-hybridized carbons (Fsp3) is 0.200. The van der Waals surface area contributed by atoms with Gasteiger partial charge in [0.25, 0.3) is 0 Å². The molecule has 0 aliphatic carbocycles. The Kier molecular flexibility index (Phi) is 5.17. The second-order valence-corrected chi connectivity index (χ2v) is 5.41. The van der Waals surface area contributed by atoms with Crippen molar-refractivity contribution in [2.45, 2.75) is 12.0 Å². The Bertz CT molecular complexity index is 631. The molecule has 2 unspecified atom stereocenters. The highest BCUT2D eigenvalue weighted by atomic mass is 35.5. The summed E-state index contributed by atoms with van der Waals surface area (Å²) in [5.41, 5.74) is 6.13. The number of hydrogen-bond acceptors (Lipinski definition) is 2. The molecule has 0 bridgehead atoms. The fourth-order valence-corrected chi connectivity index (χ4v) is 2.69. The van der Waals surface area contributed by atoms with E-state index in [2.05, 4.69) is 0 Å². The van der Waals surface area contributed by atoms with E-state index in [0.717, 1.165) is 6.07 Å². The maximum Gasteiger partial charge on any atom is 0.141 e. The normalized spacial score (nSPS) is 14.0. The molecule has 0 aliphatic heterocycles. The number of nitrogens with two attached hydrogens (primary N) is 1. The number of hydrogen-bond donors (Lipinski definition) is 2. The van der Waals surface area contributed by atoms with Crippen LogP contribution in [0.25, 0.3) is 0 Å². The Hall–Kier alpha value is -1.20. The standard InChI is InChI=1S/C15H13Cl2F2NO/c16-10-2-1-3-13(19)14(10)9(7-20)15(21)8-4-5-12(18)11(17)6-8/h1-6,9,15,21H,7,20H2. The van der Waals surface area contributed by atoms with E-state index in [1.165, 1.54) is 30.3 Å². The van der Waals surface area contributed by atoms with Crippen LogP contribution in [0.2, 0.25) is 10.0 Å². The molecule has 2 atom stereocenters. The molecule has 0 aromatic heterocycles. The van der Waals surface area contributed by atoms with Gasteiger partial charge in [-0.3, -0.25) is 0 Å². The van der Waals surface area contributed by atoms with Gasteiger partial charge in [-0.15, -0.1) is 0 Å². The quantitative estimate of drug-likeness (QED) is 0.887. The van der Waals surface area contributed by atoms with Gasteiger partial charge in [-0.2, -0.15) is 0 Å². The molecule has 0 radical (unpaired) electrons. The van der Waals surface area contributed by atoms with Crippen LogP contribution in [-0.4, -0.2) is 11.7 Å². The molecule has 2 aromatic carbocycles. The molecule has 6 heteroatoms. The van der Waals surface area contributed by atoms with E-state index in [1.54, 1.807) is 0 Å². The van der Waals surface area contributed by atoms with Crippen LogP contribution in [0.5, 0.6) is 0 Å². The minimum absolute atomic E-state index is 0.0309. The number of benzene rings is 2. The molecule has 2 rings (SSSR count). The van der Waals surface area contributed by atoms with Crippen LogP contribution in [-0.2, 0) is 0 Å². The van der Waals surface area contributed by atoms with Crippen LogP contribution in [0.1, 0.15) is 23.1 Å². The minimum atomic E-state index is -1.15. The smallest absolute Gasteiger partial charge is 0.141 e. The summed E-state index contributed by atoms with van der Waals surface area (Å²) in [4.78, 5) is 0. The summed E-state index contributed by atoms with van der Waals surface area (Å²) in [7, 11) is 0. The lowest BCUT2D eigenvalue weighted by atomic mass is 9.89. The van der Waals surface area contributed by atoms with Crippen LogP contribution in [0.4, 0.5) is 8.78 Å². The van der Waals surface area contributed by atoms with Gasteiger partial charge in [-0.25, -0.2) is 8.78 Å². The average molecular weight is 332 g/mol. The van der Waals surface area contributed by atoms with Gasteiger partial charge >= 0.3 is 0 Å². The van der Waals surface area contributed by atoms with Gasteiger partial charge in [-0.1, -0.05) is 35.3 Å². The summed E-state index contributed by atoms with van der Waals surface area (Å²) in [6.45, 7) is -0.0309. The monoisotopic (exact) mass is 331 g/mol. The molecule has 0 spiro atoms. The largest absolute Gasteiger partial charge is 0.388 e. The Morgan fingerprint density at radius 1 is 1.05 bits per heavy atom. The van der Waals surface area contributed by atoms with Crippen molar-refractivity contribution in [3.63, 3.8) is 0 Å². The lowest BCUT2D eigenvalue weighted by Gasteiger charge is -2.24. The molecule has 21 heavy (non-hydrogen) atoms. The Balaban J connectivity index is 2.43.